The zero-order valence-electron chi connectivity index (χ0n) is 11.8. The molecule has 1 heterocycles. The second kappa shape index (κ2) is 3.20. The standard InChI is InChI=1S/C16H23NS/c1-11-7-18-13(17-11)16-6-12-4-14(2,9-16)8-15(3,5-12)10-16/h7,12H,4-6,8-10H2,1-3H3. The molecule has 4 bridgehead atoms. The summed E-state index contributed by atoms with van der Waals surface area (Å²) in [5, 5.41) is 3.71. The van der Waals surface area contributed by atoms with Crippen molar-refractivity contribution in [2.24, 2.45) is 16.7 Å². The van der Waals surface area contributed by atoms with Gasteiger partial charge in [0.15, 0.2) is 0 Å². The zero-order chi connectivity index (χ0) is 12.6. The molecule has 2 atom stereocenters. The highest BCUT2D eigenvalue weighted by molar-refractivity contribution is 7.09. The molecule has 4 aliphatic rings. The van der Waals surface area contributed by atoms with Gasteiger partial charge in [-0.05, 0) is 62.2 Å². The normalized spacial score (nSPS) is 49.8. The van der Waals surface area contributed by atoms with E-state index < -0.39 is 0 Å². The molecule has 5 rings (SSSR count). The topological polar surface area (TPSA) is 12.9 Å². The summed E-state index contributed by atoms with van der Waals surface area (Å²) in [7, 11) is 0. The molecule has 0 aliphatic heterocycles. The minimum atomic E-state index is 0.446. The van der Waals surface area contributed by atoms with Crippen LogP contribution in [0.4, 0.5) is 0 Å². The molecule has 1 aromatic heterocycles. The summed E-state index contributed by atoms with van der Waals surface area (Å²) in [5.41, 5.74) is 2.88. The van der Waals surface area contributed by atoms with Crippen molar-refractivity contribution in [2.45, 2.75) is 64.7 Å². The van der Waals surface area contributed by atoms with E-state index in [9.17, 15) is 0 Å². The first-order valence-electron chi connectivity index (χ1n) is 7.33. The maximum absolute atomic E-state index is 4.88. The van der Waals surface area contributed by atoms with Crippen LogP contribution in [0, 0.1) is 23.7 Å². The van der Waals surface area contributed by atoms with Crippen molar-refractivity contribution >= 4 is 11.3 Å². The van der Waals surface area contributed by atoms with E-state index in [0.717, 1.165) is 5.92 Å². The van der Waals surface area contributed by atoms with Gasteiger partial charge in [0, 0.05) is 16.5 Å². The summed E-state index contributed by atoms with van der Waals surface area (Å²) in [4.78, 5) is 4.88. The lowest BCUT2D eigenvalue weighted by molar-refractivity contribution is -0.110. The average molecular weight is 261 g/mol. The van der Waals surface area contributed by atoms with Gasteiger partial charge in [-0.15, -0.1) is 11.3 Å². The molecule has 2 heteroatoms. The number of aromatic nitrogens is 1. The van der Waals surface area contributed by atoms with E-state index in [1.807, 2.05) is 11.3 Å². The van der Waals surface area contributed by atoms with Gasteiger partial charge in [-0.3, -0.25) is 0 Å². The molecule has 2 unspecified atom stereocenters. The van der Waals surface area contributed by atoms with Gasteiger partial charge in [-0.1, -0.05) is 13.8 Å². The lowest BCUT2D eigenvalue weighted by Crippen LogP contribution is -2.56. The van der Waals surface area contributed by atoms with Gasteiger partial charge < -0.3 is 0 Å². The average Bonchev–Trinajstić information content (AvgIpc) is 2.59. The fourth-order valence-electron chi connectivity index (χ4n) is 6.28. The minimum Gasteiger partial charge on any atom is -0.246 e. The molecule has 4 fully saturated rings. The Morgan fingerprint density at radius 1 is 1.11 bits per heavy atom. The first-order valence-corrected chi connectivity index (χ1v) is 8.21. The second-order valence-electron chi connectivity index (χ2n) is 8.20. The highest BCUT2D eigenvalue weighted by Crippen LogP contribution is 2.69. The van der Waals surface area contributed by atoms with Crippen molar-refractivity contribution in [1.29, 1.82) is 0 Å². The van der Waals surface area contributed by atoms with Crippen LogP contribution in [0.25, 0.3) is 0 Å². The number of rotatable bonds is 1. The summed E-state index contributed by atoms with van der Waals surface area (Å²) >= 11 is 1.92. The highest BCUT2D eigenvalue weighted by atomic mass is 32.1. The molecule has 18 heavy (non-hydrogen) atoms. The summed E-state index contributed by atoms with van der Waals surface area (Å²) < 4.78 is 0. The quantitative estimate of drug-likeness (QED) is 0.714. The smallest absolute Gasteiger partial charge is 0.0990 e. The van der Waals surface area contributed by atoms with Crippen molar-refractivity contribution in [3.05, 3.63) is 16.1 Å². The first kappa shape index (κ1) is 11.5. The van der Waals surface area contributed by atoms with E-state index in [1.165, 1.54) is 49.2 Å². The first-order chi connectivity index (χ1) is 8.41. The summed E-state index contributed by atoms with van der Waals surface area (Å²) in [6.07, 6.45) is 8.65. The molecule has 1 nitrogen and oxygen atoms in total. The van der Waals surface area contributed by atoms with Crippen LogP contribution in [0.15, 0.2) is 5.38 Å². The van der Waals surface area contributed by atoms with Crippen LogP contribution in [0.3, 0.4) is 0 Å². The Bertz CT molecular complexity index is 485. The van der Waals surface area contributed by atoms with Crippen molar-refractivity contribution in [2.75, 3.05) is 0 Å². The van der Waals surface area contributed by atoms with Crippen LogP contribution in [0.2, 0.25) is 0 Å². The van der Waals surface area contributed by atoms with Crippen LogP contribution in [-0.2, 0) is 5.41 Å². The van der Waals surface area contributed by atoms with E-state index in [4.69, 9.17) is 4.98 Å². The molecule has 98 valence electrons. The van der Waals surface area contributed by atoms with E-state index in [-0.39, 0.29) is 0 Å². The Morgan fingerprint density at radius 2 is 1.78 bits per heavy atom. The molecular weight excluding hydrogens is 238 g/mol. The Labute approximate surface area is 114 Å². The van der Waals surface area contributed by atoms with Gasteiger partial charge in [-0.2, -0.15) is 0 Å². The third-order valence-corrected chi connectivity index (χ3v) is 6.91. The Hall–Kier alpha value is -0.370. The molecule has 0 spiro atoms. The van der Waals surface area contributed by atoms with Crippen molar-refractivity contribution in [3.63, 3.8) is 0 Å². The van der Waals surface area contributed by atoms with Crippen molar-refractivity contribution in [3.8, 4) is 0 Å². The largest absolute Gasteiger partial charge is 0.246 e. The number of aryl methyl sites for hydroxylation is 1. The summed E-state index contributed by atoms with van der Waals surface area (Å²) in [6.45, 7) is 7.24. The van der Waals surface area contributed by atoms with Gasteiger partial charge in [0.25, 0.3) is 0 Å². The molecule has 4 saturated carbocycles. The minimum absolute atomic E-state index is 0.446. The fourth-order valence-corrected chi connectivity index (χ4v) is 7.29. The highest BCUT2D eigenvalue weighted by Gasteiger charge is 2.61. The fraction of sp³-hybridized carbons (Fsp3) is 0.812. The maximum atomic E-state index is 4.88. The molecule has 0 amide bonds. The number of thiazole rings is 1. The molecule has 1 aromatic rings. The van der Waals surface area contributed by atoms with Gasteiger partial charge in [0.2, 0.25) is 0 Å². The number of hydrogen-bond acceptors (Lipinski definition) is 2. The van der Waals surface area contributed by atoms with E-state index in [2.05, 4.69) is 26.2 Å². The molecular formula is C16H23NS. The van der Waals surface area contributed by atoms with Crippen LogP contribution in [0.1, 0.15) is 63.1 Å². The summed E-state index contributed by atoms with van der Waals surface area (Å²) in [6, 6.07) is 0. The number of nitrogens with zero attached hydrogens (tertiary/aromatic N) is 1. The van der Waals surface area contributed by atoms with Gasteiger partial charge in [0.1, 0.15) is 0 Å². The lowest BCUT2D eigenvalue weighted by Gasteiger charge is -2.64. The second-order valence-corrected chi connectivity index (χ2v) is 9.06. The summed E-state index contributed by atoms with van der Waals surface area (Å²) in [5.74, 6) is 0.973. The van der Waals surface area contributed by atoms with Crippen LogP contribution >= 0.6 is 11.3 Å². The monoisotopic (exact) mass is 261 g/mol. The van der Waals surface area contributed by atoms with Crippen LogP contribution < -0.4 is 0 Å². The molecule has 4 aliphatic carbocycles. The maximum Gasteiger partial charge on any atom is 0.0990 e. The predicted octanol–water partition coefficient (Wildman–Crippen LogP) is 4.70. The molecule has 0 aromatic carbocycles. The third-order valence-electron chi connectivity index (χ3n) is 5.70. The zero-order valence-corrected chi connectivity index (χ0v) is 12.6. The van der Waals surface area contributed by atoms with Gasteiger partial charge in [0.05, 0.1) is 5.01 Å². The molecule has 0 N–H and O–H groups in total. The third kappa shape index (κ3) is 1.47. The Balaban J connectivity index is 1.82. The predicted molar refractivity (Wildman–Crippen MR) is 75.9 cm³/mol. The van der Waals surface area contributed by atoms with Crippen molar-refractivity contribution in [1.82, 2.24) is 4.98 Å². The van der Waals surface area contributed by atoms with Gasteiger partial charge in [-0.25, -0.2) is 4.98 Å². The van der Waals surface area contributed by atoms with Crippen molar-refractivity contribution < 1.29 is 0 Å². The van der Waals surface area contributed by atoms with E-state index in [1.54, 1.807) is 0 Å². The van der Waals surface area contributed by atoms with Crippen LogP contribution in [0.5, 0.6) is 0 Å². The molecule has 0 saturated heterocycles. The molecule has 0 radical (unpaired) electrons. The SMILES string of the molecule is Cc1csc(C23CC4CC(C)(CC(C)(C4)C2)C3)n1. The van der Waals surface area contributed by atoms with E-state index in [0.29, 0.717) is 16.2 Å². The Kier molecular flexibility index (Phi) is 2.04. The van der Waals surface area contributed by atoms with Gasteiger partial charge >= 0.3 is 0 Å². The Morgan fingerprint density at radius 3 is 2.28 bits per heavy atom. The van der Waals surface area contributed by atoms with Crippen LogP contribution in [-0.4, -0.2) is 4.98 Å². The van der Waals surface area contributed by atoms with E-state index >= 15 is 0 Å². The number of hydrogen-bond donors (Lipinski definition) is 0. The lowest BCUT2D eigenvalue weighted by atomic mass is 9.40.